The summed E-state index contributed by atoms with van der Waals surface area (Å²) in [5.74, 6) is -4.27. The van der Waals surface area contributed by atoms with Crippen LogP contribution in [0.5, 0.6) is 0 Å². The SMILES string of the molecule is O=C(O)C1=CC2=C(C1)c1c(C(=O)O)ccnc1C(=O)C2=O. The van der Waals surface area contributed by atoms with Gasteiger partial charge in [-0.15, -0.1) is 0 Å². The number of carbonyl (C=O) groups is 4. The Labute approximate surface area is 117 Å². The second-order valence-corrected chi connectivity index (χ2v) is 4.59. The van der Waals surface area contributed by atoms with Gasteiger partial charge in [0.2, 0.25) is 5.78 Å². The molecular formula is C14H7NO6. The summed E-state index contributed by atoms with van der Waals surface area (Å²) >= 11 is 0. The van der Waals surface area contributed by atoms with Crippen LogP contribution in [-0.4, -0.2) is 38.7 Å². The van der Waals surface area contributed by atoms with Crippen LogP contribution >= 0.6 is 0 Å². The lowest BCUT2D eigenvalue weighted by Gasteiger charge is -2.17. The molecule has 1 aromatic rings. The molecule has 2 aliphatic carbocycles. The molecule has 0 fully saturated rings. The molecule has 1 aromatic heterocycles. The third kappa shape index (κ3) is 1.71. The van der Waals surface area contributed by atoms with Crippen molar-refractivity contribution in [2.24, 2.45) is 0 Å². The number of ketones is 2. The summed E-state index contributed by atoms with van der Waals surface area (Å²) in [6.45, 7) is 0. The lowest BCUT2D eigenvalue weighted by Crippen LogP contribution is -2.25. The largest absolute Gasteiger partial charge is 0.478 e. The van der Waals surface area contributed by atoms with Crippen molar-refractivity contribution in [2.75, 3.05) is 0 Å². The van der Waals surface area contributed by atoms with Gasteiger partial charge < -0.3 is 10.2 Å². The monoisotopic (exact) mass is 285 g/mol. The molecule has 21 heavy (non-hydrogen) atoms. The number of fused-ring (bicyclic) bond motifs is 2. The molecule has 0 unspecified atom stereocenters. The van der Waals surface area contributed by atoms with Gasteiger partial charge in [-0.25, -0.2) is 9.59 Å². The van der Waals surface area contributed by atoms with Crippen LogP contribution in [0.1, 0.15) is 32.8 Å². The Hall–Kier alpha value is -3.09. The molecule has 0 saturated carbocycles. The van der Waals surface area contributed by atoms with E-state index in [1.807, 2.05) is 0 Å². The Balaban J connectivity index is 2.29. The highest BCUT2D eigenvalue weighted by Crippen LogP contribution is 2.40. The van der Waals surface area contributed by atoms with E-state index in [4.69, 9.17) is 5.11 Å². The molecule has 0 spiro atoms. The minimum Gasteiger partial charge on any atom is -0.478 e. The first-order valence-electron chi connectivity index (χ1n) is 5.90. The van der Waals surface area contributed by atoms with Gasteiger partial charge >= 0.3 is 11.9 Å². The maximum Gasteiger partial charge on any atom is 0.336 e. The van der Waals surface area contributed by atoms with Crippen LogP contribution in [0.25, 0.3) is 5.57 Å². The molecule has 2 aliphatic rings. The fourth-order valence-corrected chi connectivity index (χ4v) is 2.51. The zero-order valence-corrected chi connectivity index (χ0v) is 10.4. The second kappa shape index (κ2) is 4.20. The Morgan fingerprint density at radius 2 is 1.81 bits per heavy atom. The molecular weight excluding hydrogens is 278 g/mol. The number of Topliss-reactive ketones (excluding diaryl/α,β-unsaturated/α-hetero) is 2. The van der Waals surface area contributed by atoms with E-state index in [0.29, 0.717) is 0 Å². The number of carbonyl (C=O) groups excluding carboxylic acids is 2. The molecule has 104 valence electrons. The third-order valence-electron chi connectivity index (χ3n) is 3.43. The highest BCUT2D eigenvalue weighted by atomic mass is 16.4. The van der Waals surface area contributed by atoms with Crippen molar-refractivity contribution in [3.05, 3.63) is 46.3 Å². The first-order valence-corrected chi connectivity index (χ1v) is 5.90. The van der Waals surface area contributed by atoms with Crippen molar-refractivity contribution < 1.29 is 29.4 Å². The highest BCUT2D eigenvalue weighted by molar-refractivity contribution is 6.53. The van der Waals surface area contributed by atoms with E-state index in [-0.39, 0.29) is 40.0 Å². The average molecular weight is 285 g/mol. The lowest BCUT2D eigenvalue weighted by atomic mass is 9.85. The van der Waals surface area contributed by atoms with Crippen molar-refractivity contribution in [1.29, 1.82) is 0 Å². The maximum absolute atomic E-state index is 12.0. The molecule has 0 saturated heterocycles. The van der Waals surface area contributed by atoms with E-state index in [0.717, 1.165) is 12.3 Å². The predicted octanol–water partition coefficient (Wildman–Crippen LogP) is 0.714. The highest BCUT2D eigenvalue weighted by Gasteiger charge is 2.39. The molecule has 2 N–H and O–H groups in total. The number of hydrogen-bond donors (Lipinski definition) is 2. The minimum atomic E-state index is -1.27. The quantitative estimate of drug-likeness (QED) is 0.767. The van der Waals surface area contributed by atoms with E-state index >= 15 is 0 Å². The zero-order chi connectivity index (χ0) is 15.3. The van der Waals surface area contributed by atoms with Crippen LogP contribution in [0, 0.1) is 0 Å². The van der Waals surface area contributed by atoms with Gasteiger partial charge in [0.15, 0.2) is 0 Å². The number of aromatic carboxylic acids is 1. The van der Waals surface area contributed by atoms with E-state index in [9.17, 15) is 24.3 Å². The topological polar surface area (TPSA) is 122 Å². The second-order valence-electron chi connectivity index (χ2n) is 4.59. The maximum atomic E-state index is 12.0. The number of pyridine rings is 1. The first-order chi connectivity index (χ1) is 9.91. The van der Waals surface area contributed by atoms with Crippen LogP contribution in [0.3, 0.4) is 0 Å². The zero-order valence-electron chi connectivity index (χ0n) is 10.4. The normalized spacial score (nSPS) is 16.5. The Bertz CT molecular complexity index is 815. The van der Waals surface area contributed by atoms with Crippen molar-refractivity contribution in [3.8, 4) is 0 Å². The number of carboxylic acids is 2. The van der Waals surface area contributed by atoms with Crippen molar-refractivity contribution in [1.82, 2.24) is 4.98 Å². The smallest absolute Gasteiger partial charge is 0.336 e. The Morgan fingerprint density at radius 1 is 1.10 bits per heavy atom. The van der Waals surface area contributed by atoms with Gasteiger partial charge in [0, 0.05) is 29.3 Å². The van der Waals surface area contributed by atoms with Crippen LogP contribution < -0.4 is 0 Å². The summed E-state index contributed by atoms with van der Waals surface area (Å²) < 4.78 is 0. The number of allylic oxidation sites excluding steroid dienone is 3. The third-order valence-corrected chi connectivity index (χ3v) is 3.43. The standard InChI is InChI=1S/C14H7NO6/c16-11-8-4-5(13(18)19)3-7(8)9-6(14(20)21)1-2-15-10(9)12(11)17/h1-2,4H,3H2,(H,18,19)(H,20,21). The number of hydrogen-bond acceptors (Lipinski definition) is 5. The summed E-state index contributed by atoms with van der Waals surface area (Å²) in [4.78, 5) is 50.1. The van der Waals surface area contributed by atoms with E-state index in [2.05, 4.69) is 4.98 Å². The summed E-state index contributed by atoms with van der Waals surface area (Å²) in [6.07, 6.45) is 2.15. The Morgan fingerprint density at radius 3 is 2.43 bits per heavy atom. The van der Waals surface area contributed by atoms with Crippen LogP contribution in [-0.2, 0) is 9.59 Å². The number of aliphatic carboxylic acids is 1. The van der Waals surface area contributed by atoms with Crippen LogP contribution in [0.15, 0.2) is 29.5 Å². The van der Waals surface area contributed by atoms with Crippen molar-refractivity contribution in [3.63, 3.8) is 0 Å². The van der Waals surface area contributed by atoms with Gasteiger partial charge in [-0.1, -0.05) is 0 Å². The molecule has 3 rings (SSSR count). The first kappa shape index (κ1) is 12.9. The van der Waals surface area contributed by atoms with Gasteiger partial charge in [-0.05, 0) is 17.7 Å². The summed E-state index contributed by atoms with van der Waals surface area (Å²) in [6, 6.07) is 1.22. The minimum absolute atomic E-state index is 0.0390. The molecule has 7 nitrogen and oxygen atoms in total. The van der Waals surface area contributed by atoms with E-state index in [1.165, 1.54) is 6.07 Å². The molecule has 0 radical (unpaired) electrons. The number of carboxylic acid groups (broad SMARTS) is 2. The lowest BCUT2D eigenvalue weighted by molar-refractivity contribution is -0.132. The molecule has 0 amide bonds. The molecule has 0 atom stereocenters. The summed E-state index contributed by atoms with van der Waals surface area (Å²) in [5.41, 5.74) is -0.253. The van der Waals surface area contributed by atoms with E-state index < -0.39 is 23.5 Å². The molecule has 0 aliphatic heterocycles. The van der Waals surface area contributed by atoms with Crippen molar-refractivity contribution in [2.45, 2.75) is 6.42 Å². The molecule has 1 heterocycles. The summed E-state index contributed by atoms with van der Waals surface area (Å²) in [7, 11) is 0. The predicted molar refractivity (Wildman–Crippen MR) is 67.8 cm³/mol. The van der Waals surface area contributed by atoms with Gasteiger partial charge in [0.1, 0.15) is 5.69 Å². The number of nitrogens with zero attached hydrogens (tertiary/aromatic N) is 1. The fourth-order valence-electron chi connectivity index (χ4n) is 2.51. The van der Waals surface area contributed by atoms with E-state index in [1.54, 1.807) is 0 Å². The van der Waals surface area contributed by atoms with Crippen molar-refractivity contribution >= 4 is 29.1 Å². The van der Waals surface area contributed by atoms with Gasteiger partial charge in [-0.2, -0.15) is 0 Å². The van der Waals surface area contributed by atoms with Gasteiger partial charge in [0.05, 0.1) is 5.56 Å². The average Bonchev–Trinajstić information content (AvgIpc) is 2.89. The molecule has 0 bridgehead atoms. The molecule has 7 heteroatoms. The van der Waals surface area contributed by atoms with Crippen LogP contribution in [0.4, 0.5) is 0 Å². The van der Waals surface area contributed by atoms with Crippen LogP contribution in [0.2, 0.25) is 0 Å². The Kier molecular flexibility index (Phi) is 2.59. The van der Waals surface area contributed by atoms with Gasteiger partial charge in [-0.3, -0.25) is 14.6 Å². The number of aromatic nitrogens is 1. The summed E-state index contributed by atoms with van der Waals surface area (Å²) in [5, 5.41) is 18.2. The number of rotatable bonds is 2. The molecule has 0 aromatic carbocycles. The fraction of sp³-hybridized carbons (Fsp3) is 0.0714. The van der Waals surface area contributed by atoms with Gasteiger partial charge in [0.25, 0.3) is 5.78 Å².